The molecule has 5 nitrogen and oxygen atoms in total. The van der Waals surface area contributed by atoms with Crippen molar-refractivity contribution in [2.24, 2.45) is 0 Å². The predicted octanol–water partition coefficient (Wildman–Crippen LogP) is 13.8. The van der Waals surface area contributed by atoms with Crippen LogP contribution in [0.4, 0.5) is 17.1 Å². The molecule has 0 saturated heterocycles. The summed E-state index contributed by atoms with van der Waals surface area (Å²) in [7, 11) is 0. The molecular formula is C51H32N2O3. The Hall–Kier alpha value is -7.37. The van der Waals surface area contributed by atoms with Crippen LogP contribution in [-0.2, 0) is 0 Å². The molecule has 56 heavy (non-hydrogen) atoms. The third-order valence-electron chi connectivity index (χ3n) is 11.4. The molecule has 0 radical (unpaired) electrons. The van der Waals surface area contributed by atoms with Crippen molar-refractivity contribution >= 4 is 71.6 Å². The molecule has 0 fully saturated rings. The second-order valence-corrected chi connectivity index (χ2v) is 14.7. The highest BCUT2D eigenvalue weighted by Gasteiger charge is 2.32. The van der Waals surface area contributed by atoms with Gasteiger partial charge in [0.1, 0.15) is 28.5 Å². The Labute approximate surface area is 322 Å². The smallest absolute Gasteiger partial charge is 0.227 e. The van der Waals surface area contributed by atoms with E-state index in [9.17, 15) is 0 Å². The van der Waals surface area contributed by atoms with Gasteiger partial charge in [-0.15, -0.1) is 0 Å². The minimum absolute atomic E-state index is 0.00800. The Morgan fingerprint density at radius 2 is 1.20 bits per heavy atom. The van der Waals surface area contributed by atoms with Crippen molar-refractivity contribution < 1.29 is 13.6 Å². The largest absolute Gasteiger partial charge is 0.485 e. The summed E-state index contributed by atoms with van der Waals surface area (Å²) in [6, 6.07) is 55.3. The van der Waals surface area contributed by atoms with Gasteiger partial charge in [0, 0.05) is 62.4 Å². The molecule has 0 N–H and O–H groups in total. The van der Waals surface area contributed by atoms with Gasteiger partial charge in [-0.05, 0) is 88.0 Å². The van der Waals surface area contributed by atoms with Gasteiger partial charge in [0.2, 0.25) is 5.89 Å². The standard InChI is InChI=1S/C51H32N2O3/c1-2-8-31(9-3-1)32-14-18-35(19-15-32)51-52-44-27-21-34-17-16-33-20-22-36(28-43(33)49(34)50(44)56-51)53(37-23-25-41-39-10-4-6-12-45(39)54-47(41)29-37)38-24-26-42-40-11-5-7-13-46(40)55-48(42)30-38/h1-30,39,45H. The van der Waals surface area contributed by atoms with Crippen LogP contribution in [0.5, 0.6) is 5.75 Å². The molecule has 0 amide bonds. The first-order valence-corrected chi connectivity index (χ1v) is 19.0. The number of anilines is 3. The SMILES string of the molecule is C1=CC2Oc3cc(N(c4ccc5c(c4)oc4ccccc45)c4ccc5ccc6ccc7nc(-c8ccc(-c9ccccc9)cc8)oc7c6c5c4)ccc3C2C=C1. The molecule has 2 unspecified atom stereocenters. The molecular weight excluding hydrogens is 689 g/mol. The van der Waals surface area contributed by atoms with Crippen molar-refractivity contribution in [1.29, 1.82) is 0 Å². The molecule has 2 atom stereocenters. The van der Waals surface area contributed by atoms with E-state index in [1.807, 2.05) is 18.2 Å². The van der Waals surface area contributed by atoms with Crippen molar-refractivity contribution in [3.8, 4) is 28.3 Å². The van der Waals surface area contributed by atoms with E-state index in [-0.39, 0.29) is 12.0 Å². The predicted molar refractivity (Wildman–Crippen MR) is 227 cm³/mol. The van der Waals surface area contributed by atoms with E-state index in [4.69, 9.17) is 18.6 Å². The maximum atomic E-state index is 6.70. The second kappa shape index (κ2) is 12.1. The average molecular weight is 721 g/mol. The summed E-state index contributed by atoms with van der Waals surface area (Å²) < 4.78 is 19.6. The summed E-state index contributed by atoms with van der Waals surface area (Å²) in [6.45, 7) is 0. The van der Waals surface area contributed by atoms with Crippen LogP contribution in [0.2, 0.25) is 0 Å². The average Bonchev–Trinajstić information content (AvgIpc) is 3.97. The first-order chi connectivity index (χ1) is 27.7. The molecule has 12 rings (SSSR count). The van der Waals surface area contributed by atoms with Crippen LogP contribution in [-0.4, -0.2) is 11.1 Å². The molecule has 0 saturated carbocycles. The van der Waals surface area contributed by atoms with Crippen molar-refractivity contribution in [3.63, 3.8) is 0 Å². The fourth-order valence-corrected chi connectivity index (χ4v) is 8.67. The molecule has 0 bridgehead atoms. The van der Waals surface area contributed by atoms with E-state index in [0.717, 1.165) is 88.5 Å². The van der Waals surface area contributed by atoms with Crippen LogP contribution in [0, 0.1) is 0 Å². The first kappa shape index (κ1) is 31.0. The Bertz CT molecular complexity index is 3240. The van der Waals surface area contributed by atoms with Crippen molar-refractivity contribution in [1.82, 2.24) is 4.98 Å². The molecule has 1 aliphatic carbocycles. The Kier molecular flexibility index (Phi) is 6.69. The lowest BCUT2D eigenvalue weighted by atomic mass is 9.92. The lowest BCUT2D eigenvalue weighted by Crippen LogP contribution is -2.15. The zero-order valence-electron chi connectivity index (χ0n) is 30.1. The fraction of sp³-hybridized carbons (Fsp3) is 0.0392. The van der Waals surface area contributed by atoms with Crippen molar-refractivity contribution in [2.45, 2.75) is 12.0 Å². The number of ether oxygens (including phenoxy) is 1. The van der Waals surface area contributed by atoms with Crippen LogP contribution in [0.15, 0.2) is 191 Å². The summed E-state index contributed by atoms with van der Waals surface area (Å²) in [4.78, 5) is 7.29. The van der Waals surface area contributed by atoms with Crippen molar-refractivity contribution in [3.05, 3.63) is 188 Å². The molecule has 264 valence electrons. The Morgan fingerprint density at radius 1 is 0.500 bits per heavy atom. The number of aromatic nitrogens is 1. The highest BCUT2D eigenvalue weighted by molar-refractivity contribution is 6.19. The molecule has 2 aromatic heterocycles. The van der Waals surface area contributed by atoms with Crippen LogP contribution < -0.4 is 9.64 Å². The zero-order valence-corrected chi connectivity index (χ0v) is 30.1. The number of fused-ring (bicyclic) bond motifs is 11. The van der Waals surface area contributed by atoms with Crippen LogP contribution >= 0.6 is 0 Å². The van der Waals surface area contributed by atoms with Gasteiger partial charge in [-0.3, -0.25) is 0 Å². The number of hydrogen-bond acceptors (Lipinski definition) is 5. The summed E-state index contributed by atoms with van der Waals surface area (Å²) in [6.07, 6.45) is 8.55. The number of rotatable bonds is 5. The van der Waals surface area contributed by atoms with Gasteiger partial charge in [0.25, 0.3) is 0 Å². The first-order valence-electron chi connectivity index (χ1n) is 19.0. The van der Waals surface area contributed by atoms with E-state index in [2.05, 4.69) is 169 Å². The minimum Gasteiger partial charge on any atom is -0.485 e. The molecule has 2 aliphatic rings. The molecule has 1 aliphatic heterocycles. The summed E-state index contributed by atoms with van der Waals surface area (Å²) in [5.41, 5.74) is 10.8. The zero-order chi connectivity index (χ0) is 36.7. The van der Waals surface area contributed by atoms with Gasteiger partial charge in [0.05, 0.1) is 0 Å². The minimum atomic E-state index is 0.00800. The highest BCUT2D eigenvalue weighted by Crippen LogP contribution is 2.47. The highest BCUT2D eigenvalue weighted by atomic mass is 16.5. The summed E-state index contributed by atoms with van der Waals surface area (Å²) in [5.74, 6) is 1.72. The molecule has 5 heteroatoms. The summed E-state index contributed by atoms with van der Waals surface area (Å²) in [5, 5.41) is 6.53. The Balaban J connectivity index is 1.02. The van der Waals surface area contributed by atoms with E-state index in [1.165, 1.54) is 11.1 Å². The third kappa shape index (κ3) is 4.84. The van der Waals surface area contributed by atoms with E-state index >= 15 is 0 Å². The van der Waals surface area contributed by atoms with Gasteiger partial charge < -0.3 is 18.5 Å². The van der Waals surface area contributed by atoms with Gasteiger partial charge in [-0.1, -0.05) is 109 Å². The number of oxazole rings is 1. The topological polar surface area (TPSA) is 51.6 Å². The third-order valence-corrected chi connectivity index (χ3v) is 11.4. The van der Waals surface area contributed by atoms with E-state index in [0.29, 0.717) is 5.89 Å². The van der Waals surface area contributed by atoms with Crippen LogP contribution in [0.3, 0.4) is 0 Å². The van der Waals surface area contributed by atoms with Gasteiger partial charge in [0.15, 0.2) is 5.58 Å². The molecule has 3 heterocycles. The van der Waals surface area contributed by atoms with Gasteiger partial charge >= 0.3 is 0 Å². The fourth-order valence-electron chi connectivity index (χ4n) is 8.67. The number of para-hydroxylation sites is 1. The number of nitrogens with zero attached hydrogens (tertiary/aromatic N) is 2. The summed E-state index contributed by atoms with van der Waals surface area (Å²) >= 11 is 0. The van der Waals surface area contributed by atoms with E-state index < -0.39 is 0 Å². The maximum absolute atomic E-state index is 6.70. The van der Waals surface area contributed by atoms with Gasteiger partial charge in [-0.2, -0.15) is 0 Å². The van der Waals surface area contributed by atoms with Gasteiger partial charge in [-0.25, -0.2) is 4.98 Å². The quantitative estimate of drug-likeness (QED) is 0.166. The molecule has 8 aromatic carbocycles. The lowest BCUT2D eigenvalue weighted by molar-refractivity contribution is 0.269. The van der Waals surface area contributed by atoms with E-state index in [1.54, 1.807) is 0 Å². The lowest BCUT2D eigenvalue weighted by Gasteiger charge is -2.26. The second-order valence-electron chi connectivity index (χ2n) is 14.7. The van der Waals surface area contributed by atoms with Crippen molar-refractivity contribution in [2.75, 3.05) is 4.90 Å². The number of furan rings is 1. The number of allylic oxidation sites excluding steroid dienone is 2. The normalized spacial score (nSPS) is 15.9. The molecule has 0 spiro atoms. The monoisotopic (exact) mass is 720 g/mol. The van der Waals surface area contributed by atoms with Crippen LogP contribution in [0.25, 0.3) is 77.2 Å². The molecule has 10 aromatic rings. The number of hydrogen-bond donors (Lipinski definition) is 0. The Morgan fingerprint density at radius 3 is 2.12 bits per heavy atom. The number of benzene rings is 8. The maximum Gasteiger partial charge on any atom is 0.227 e. The van der Waals surface area contributed by atoms with Crippen LogP contribution in [0.1, 0.15) is 11.5 Å².